The lowest BCUT2D eigenvalue weighted by Gasteiger charge is -2.26. The van der Waals surface area contributed by atoms with Gasteiger partial charge in [0.1, 0.15) is 5.82 Å². The number of urea groups is 1. The van der Waals surface area contributed by atoms with E-state index >= 15 is 0 Å². The van der Waals surface area contributed by atoms with Gasteiger partial charge in [-0.2, -0.15) is 5.10 Å². The maximum Gasteiger partial charge on any atom is 0.317 e. The van der Waals surface area contributed by atoms with Gasteiger partial charge in [-0.3, -0.25) is 5.10 Å². The van der Waals surface area contributed by atoms with Gasteiger partial charge in [-0.15, -0.1) is 0 Å². The van der Waals surface area contributed by atoms with Crippen LogP contribution in [0.2, 0.25) is 0 Å². The topological polar surface area (TPSA) is 73.9 Å². The van der Waals surface area contributed by atoms with Crippen molar-refractivity contribution in [2.24, 2.45) is 5.92 Å². The number of aromatic amines is 1. The van der Waals surface area contributed by atoms with Crippen LogP contribution in [-0.2, 0) is 6.42 Å². The van der Waals surface area contributed by atoms with Gasteiger partial charge in [0.25, 0.3) is 0 Å². The van der Waals surface area contributed by atoms with Gasteiger partial charge in [0.05, 0.1) is 0 Å². The molecule has 1 atom stereocenters. The predicted octanol–water partition coefficient (Wildman–Crippen LogP) is 3.38. The highest BCUT2D eigenvalue weighted by molar-refractivity contribution is 5.74. The zero-order chi connectivity index (χ0) is 17.8. The summed E-state index contributed by atoms with van der Waals surface area (Å²) < 4.78 is 0. The van der Waals surface area contributed by atoms with E-state index in [4.69, 9.17) is 0 Å². The van der Waals surface area contributed by atoms with E-state index in [1.165, 1.54) is 19.3 Å². The fraction of sp³-hybridized carbons (Fsp3) is 0.550. The molecule has 0 radical (unpaired) electrons. The number of H-pyrrole nitrogens is 1. The molecule has 1 aliphatic carbocycles. The summed E-state index contributed by atoms with van der Waals surface area (Å²) in [5.74, 6) is 2.09. The molecule has 2 N–H and O–H groups in total. The Balaban J connectivity index is 1.29. The Hall–Kier alpha value is -2.37. The summed E-state index contributed by atoms with van der Waals surface area (Å²) in [5.41, 5.74) is 1.02. The fourth-order valence-electron chi connectivity index (χ4n) is 4.07. The molecule has 1 aromatic heterocycles. The van der Waals surface area contributed by atoms with E-state index in [1.807, 2.05) is 35.2 Å². The molecule has 0 spiro atoms. The van der Waals surface area contributed by atoms with Crippen molar-refractivity contribution in [2.45, 2.75) is 51.0 Å². The molecule has 1 saturated carbocycles. The third kappa shape index (κ3) is 4.06. The highest BCUT2D eigenvalue weighted by Crippen LogP contribution is 2.22. The first kappa shape index (κ1) is 17.1. The Bertz CT molecular complexity index is 723. The van der Waals surface area contributed by atoms with Gasteiger partial charge < -0.3 is 10.2 Å². The zero-order valence-corrected chi connectivity index (χ0v) is 15.2. The predicted molar refractivity (Wildman–Crippen MR) is 101 cm³/mol. The molecule has 26 heavy (non-hydrogen) atoms. The van der Waals surface area contributed by atoms with Crippen molar-refractivity contribution in [3.05, 3.63) is 36.2 Å². The standard InChI is InChI=1S/C20H27N5O/c26-20(21-17-9-5-2-6-10-17)25-12-11-15(14-25)13-18-22-19(24-23-18)16-7-3-1-4-8-16/h1,3-4,7-8,15,17H,2,5-6,9-14H2,(H,21,26)(H,22,23,24). The molecule has 0 bridgehead atoms. The number of hydrogen-bond acceptors (Lipinski definition) is 3. The number of benzene rings is 1. The Labute approximate surface area is 154 Å². The summed E-state index contributed by atoms with van der Waals surface area (Å²) in [6, 6.07) is 10.5. The maximum atomic E-state index is 12.5. The number of nitrogens with one attached hydrogen (secondary N) is 2. The van der Waals surface area contributed by atoms with Crippen LogP contribution in [-0.4, -0.2) is 45.2 Å². The lowest BCUT2D eigenvalue weighted by atomic mass is 9.96. The Morgan fingerprint density at radius 1 is 1.15 bits per heavy atom. The largest absolute Gasteiger partial charge is 0.335 e. The minimum Gasteiger partial charge on any atom is -0.335 e. The normalized spacial score (nSPS) is 21.1. The summed E-state index contributed by atoms with van der Waals surface area (Å²) in [4.78, 5) is 19.1. The number of amides is 2. The number of hydrogen-bond donors (Lipinski definition) is 2. The lowest BCUT2D eigenvalue weighted by molar-refractivity contribution is 0.199. The van der Waals surface area contributed by atoms with E-state index in [1.54, 1.807) is 0 Å². The SMILES string of the molecule is O=C(NC1CCCCC1)N1CCC(Cc2nc(-c3ccccc3)n[nH]2)C1. The second kappa shape index (κ2) is 7.89. The second-order valence-electron chi connectivity index (χ2n) is 7.56. The van der Waals surface area contributed by atoms with E-state index < -0.39 is 0 Å². The van der Waals surface area contributed by atoms with Crippen molar-refractivity contribution in [1.29, 1.82) is 0 Å². The average molecular weight is 353 g/mol. The molecule has 2 aromatic rings. The van der Waals surface area contributed by atoms with Gasteiger partial charge in [-0.25, -0.2) is 9.78 Å². The summed E-state index contributed by atoms with van der Waals surface area (Å²) in [6.45, 7) is 1.64. The summed E-state index contributed by atoms with van der Waals surface area (Å²) in [7, 11) is 0. The number of rotatable bonds is 4. The van der Waals surface area contributed by atoms with Gasteiger partial charge >= 0.3 is 6.03 Å². The van der Waals surface area contributed by atoms with Crippen molar-refractivity contribution in [3.8, 4) is 11.4 Å². The molecule has 2 amide bonds. The molecule has 1 unspecified atom stereocenters. The number of likely N-dealkylation sites (tertiary alicyclic amines) is 1. The molecule has 2 heterocycles. The number of aromatic nitrogens is 3. The molecular formula is C20H27N5O. The first-order valence-corrected chi connectivity index (χ1v) is 9.80. The minimum absolute atomic E-state index is 0.113. The Morgan fingerprint density at radius 2 is 1.96 bits per heavy atom. The van der Waals surface area contributed by atoms with E-state index in [2.05, 4.69) is 20.5 Å². The Morgan fingerprint density at radius 3 is 2.77 bits per heavy atom. The number of nitrogens with zero attached hydrogens (tertiary/aromatic N) is 3. The first-order valence-electron chi connectivity index (χ1n) is 9.80. The number of carbonyl (C=O) groups excluding carboxylic acids is 1. The van der Waals surface area contributed by atoms with Crippen LogP contribution < -0.4 is 5.32 Å². The molecule has 6 nitrogen and oxygen atoms in total. The maximum absolute atomic E-state index is 12.5. The molecule has 1 saturated heterocycles. The summed E-state index contributed by atoms with van der Waals surface area (Å²) in [6.07, 6.45) is 7.91. The zero-order valence-electron chi connectivity index (χ0n) is 15.2. The van der Waals surface area contributed by atoms with Gasteiger partial charge in [0.2, 0.25) is 0 Å². The van der Waals surface area contributed by atoms with E-state index in [9.17, 15) is 4.79 Å². The summed E-state index contributed by atoms with van der Waals surface area (Å²) in [5, 5.41) is 10.6. The van der Waals surface area contributed by atoms with Crippen molar-refractivity contribution in [1.82, 2.24) is 25.4 Å². The number of carbonyl (C=O) groups is 1. The second-order valence-corrected chi connectivity index (χ2v) is 7.56. The lowest BCUT2D eigenvalue weighted by Crippen LogP contribution is -2.44. The minimum atomic E-state index is 0.113. The van der Waals surface area contributed by atoms with Crippen molar-refractivity contribution in [2.75, 3.05) is 13.1 Å². The average Bonchev–Trinajstić information content (AvgIpc) is 3.33. The molecule has 1 aromatic carbocycles. The third-order valence-corrected chi connectivity index (χ3v) is 5.55. The first-order chi connectivity index (χ1) is 12.8. The van der Waals surface area contributed by atoms with E-state index in [0.29, 0.717) is 12.0 Å². The molecule has 2 aliphatic rings. The van der Waals surface area contributed by atoms with Gasteiger partial charge in [0, 0.05) is 31.1 Å². The molecule has 6 heteroatoms. The van der Waals surface area contributed by atoms with Crippen LogP contribution in [0.4, 0.5) is 4.79 Å². The van der Waals surface area contributed by atoms with Crippen LogP contribution in [0.1, 0.15) is 44.3 Å². The van der Waals surface area contributed by atoms with Crippen LogP contribution in [0.3, 0.4) is 0 Å². The molecule has 2 fully saturated rings. The van der Waals surface area contributed by atoms with Crippen LogP contribution in [0.25, 0.3) is 11.4 Å². The smallest absolute Gasteiger partial charge is 0.317 e. The van der Waals surface area contributed by atoms with Gasteiger partial charge in [0.15, 0.2) is 5.82 Å². The van der Waals surface area contributed by atoms with Crippen molar-refractivity contribution >= 4 is 6.03 Å². The third-order valence-electron chi connectivity index (χ3n) is 5.55. The van der Waals surface area contributed by atoms with Crippen molar-refractivity contribution in [3.63, 3.8) is 0 Å². The fourth-order valence-corrected chi connectivity index (χ4v) is 4.07. The van der Waals surface area contributed by atoms with E-state index in [-0.39, 0.29) is 6.03 Å². The van der Waals surface area contributed by atoms with Gasteiger partial charge in [-0.1, -0.05) is 49.6 Å². The quantitative estimate of drug-likeness (QED) is 0.885. The van der Waals surface area contributed by atoms with E-state index in [0.717, 1.165) is 56.0 Å². The van der Waals surface area contributed by atoms with Crippen LogP contribution in [0.5, 0.6) is 0 Å². The molecular weight excluding hydrogens is 326 g/mol. The van der Waals surface area contributed by atoms with Crippen LogP contribution in [0, 0.1) is 5.92 Å². The van der Waals surface area contributed by atoms with Gasteiger partial charge in [-0.05, 0) is 25.2 Å². The Kier molecular flexibility index (Phi) is 5.18. The van der Waals surface area contributed by atoms with Crippen LogP contribution in [0.15, 0.2) is 30.3 Å². The van der Waals surface area contributed by atoms with Crippen molar-refractivity contribution < 1.29 is 4.79 Å². The highest BCUT2D eigenvalue weighted by atomic mass is 16.2. The molecule has 1 aliphatic heterocycles. The monoisotopic (exact) mass is 353 g/mol. The summed E-state index contributed by atoms with van der Waals surface area (Å²) >= 11 is 0. The highest BCUT2D eigenvalue weighted by Gasteiger charge is 2.28. The molecule has 4 rings (SSSR count). The van der Waals surface area contributed by atoms with Crippen LogP contribution >= 0.6 is 0 Å². The molecule has 138 valence electrons.